The normalized spacial score (nSPS) is 11.4. The van der Waals surface area contributed by atoms with Gasteiger partial charge < -0.3 is 9.30 Å². The predicted octanol–water partition coefficient (Wildman–Crippen LogP) is 2.45. The van der Waals surface area contributed by atoms with Crippen molar-refractivity contribution in [3.05, 3.63) is 48.2 Å². The lowest BCUT2D eigenvalue weighted by molar-refractivity contribution is -0.104. The highest BCUT2D eigenvalue weighted by Crippen LogP contribution is 2.18. The number of aryl methyl sites for hydroxylation is 1. The number of hydrogen-bond donors (Lipinski definition) is 0. The lowest BCUT2D eigenvalue weighted by Crippen LogP contribution is -1.99. The number of carbonyl (C=O) groups is 1. The van der Waals surface area contributed by atoms with Crippen molar-refractivity contribution in [3.8, 4) is 0 Å². The average molecular weight is 229 g/mol. The van der Waals surface area contributed by atoms with Crippen molar-refractivity contribution in [1.29, 1.82) is 0 Å². The summed E-state index contributed by atoms with van der Waals surface area (Å²) in [6, 6.07) is 10.4. The molecule has 0 spiro atoms. The van der Waals surface area contributed by atoms with E-state index in [1.165, 1.54) is 17.0 Å². The third-order valence-corrected chi connectivity index (χ3v) is 2.73. The standard InChI is InChI=1S/C14H15NO2/c1-15-13(11-17-9-5-4-8-16)10-12-6-2-3-7-14(12)15/h2-8,10H,9,11H2,1H3/b5-4+. The van der Waals surface area contributed by atoms with Crippen molar-refractivity contribution in [2.45, 2.75) is 6.61 Å². The van der Waals surface area contributed by atoms with E-state index in [1.807, 2.05) is 19.2 Å². The molecule has 0 N–H and O–H groups in total. The first kappa shape index (κ1) is 11.6. The Bertz CT molecular complexity index is 540. The number of para-hydroxylation sites is 1. The van der Waals surface area contributed by atoms with Crippen LogP contribution in [0.1, 0.15) is 5.69 Å². The van der Waals surface area contributed by atoms with Gasteiger partial charge in [0.25, 0.3) is 0 Å². The van der Waals surface area contributed by atoms with Gasteiger partial charge in [-0.05, 0) is 23.6 Å². The van der Waals surface area contributed by atoms with Gasteiger partial charge in [0.15, 0.2) is 0 Å². The van der Waals surface area contributed by atoms with E-state index in [-0.39, 0.29) is 0 Å². The Balaban J connectivity index is 2.06. The summed E-state index contributed by atoms with van der Waals surface area (Å²) in [6.07, 6.45) is 3.90. The molecule has 0 radical (unpaired) electrons. The van der Waals surface area contributed by atoms with Crippen LogP contribution in [-0.4, -0.2) is 17.5 Å². The lowest BCUT2D eigenvalue weighted by atomic mass is 10.2. The Morgan fingerprint density at radius 3 is 2.94 bits per heavy atom. The molecule has 17 heavy (non-hydrogen) atoms. The second-order valence-electron chi connectivity index (χ2n) is 3.83. The molecule has 0 aliphatic heterocycles. The monoisotopic (exact) mass is 229 g/mol. The first-order valence-corrected chi connectivity index (χ1v) is 5.54. The molecule has 0 saturated carbocycles. The van der Waals surface area contributed by atoms with E-state index in [0.29, 0.717) is 13.2 Å². The molecule has 0 atom stereocenters. The quantitative estimate of drug-likeness (QED) is 0.448. The molecule has 0 fully saturated rings. The van der Waals surface area contributed by atoms with E-state index in [4.69, 9.17) is 4.74 Å². The van der Waals surface area contributed by atoms with E-state index in [0.717, 1.165) is 12.0 Å². The van der Waals surface area contributed by atoms with Crippen LogP contribution in [0.3, 0.4) is 0 Å². The molecule has 0 aliphatic rings. The molecule has 88 valence electrons. The Labute approximate surface area is 100 Å². The lowest BCUT2D eigenvalue weighted by Gasteiger charge is -2.03. The SMILES string of the molecule is Cn1c(COC/C=C/C=O)cc2ccccc21. The fourth-order valence-corrected chi connectivity index (χ4v) is 1.83. The van der Waals surface area contributed by atoms with Crippen LogP contribution in [0.25, 0.3) is 10.9 Å². The first-order chi connectivity index (χ1) is 8.33. The number of ether oxygens (including phenoxy) is 1. The first-order valence-electron chi connectivity index (χ1n) is 5.54. The number of fused-ring (bicyclic) bond motifs is 1. The number of allylic oxidation sites excluding steroid dienone is 1. The smallest absolute Gasteiger partial charge is 0.142 e. The Hall–Kier alpha value is -1.87. The zero-order valence-corrected chi connectivity index (χ0v) is 9.80. The summed E-state index contributed by atoms with van der Waals surface area (Å²) in [4.78, 5) is 10.1. The van der Waals surface area contributed by atoms with E-state index >= 15 is 0 Å². The molecule has 3 nitrogen and oxygen atoms in total. The van der Waals surface area contributed by atoms with Crippen molar-refractivity contribution < 1.29 is 9.53 Å². The number of hydrogen-bond acceptors (Lipinski definition) is 2. The highest BCUT2D eigenvalue weighted by Gasteiger charge is 2.04. The van der Waals surface area contributed by atoms with Crippen molar-refractivity contribution in [1.82, 2.24) is 4.57 Å². The number of benzene rings is 1. The zero-order valence-electron chi connectivity index (χ0n) is 9.80. The molecule has 0 bridgehead atoms. The van der Waals surface area contributed by atoms with Gasteiger partial charge in [-0.2, -0.15) is 0 Å². The van der Waals surface area contributed by atoms with Gasteiger partial charge in [0.2, 0.25) is 0 Å². The maximum absolute atomic E-state index is 10.1. The molecule has 0 aliphatic carbocycles. The van der Waals surface area contributed by atoms with Gasteiger partial charge >= 0.3 is 0 Å². The summed E-state index contributed by atoms with van der Waals surface area (Å²) in [5.74, 6) is 0. The molecule has 3 heteroatoms. The molecule has 0 saturated heterocycles. The van der Waals surface area contributed by atoms with Gasteiger partial charge in [0.05, 0.1) is 13.2 Å². The Kier molecular flexibility index (Phi) is 3.73. The Morgan fingerprint density at radius 2 is 2.18 bits per heavy atom. The minimum Gasteiger partial charge on any atom is -0.371 e. The van der Waals surface area contributed by atoms with Crippen LogP contribution in [0.2, 0.25) is 0 Å². The maximum atomic E-state index is 10.1. The number of carbonyl (C=O) groups excluding carboxylic acids is 1. The molecule has 0 unspecified atom stereocenters. The molecule has 1 heterocycles. The Morgan fingerprint density at radius 1 is 1.35 bits per heavy atom. The minimum absolute atomic E-state index is 0.459. The summed E-state index contributed by atoms with van der Waals surface area (Å²) in [5, 5.41) is 1.22. The molecule has 1 aromatic carbocycles. The minimum atomic E-state index is 0.459. The van der Waals surface area contributed by atoms with Crippen LogP contribution in [0, 0.1) is 0 Å². The number of rotatable bonds is 5. The fourth-order valence-electron chi connectivity index (χ4n) is 1.83. The molecule has 2 aromatic rings. The van der Waals surface area contributed by atoms with Gasteiger partial charge in [-0.3, -0.25) is 4.79 Å². The molecular formula is C14H15NO2. The fraction of sp³-hybridized carbons (Fsp3) is 0.214. The van der Waals surface area contributed by atoms with Crippen molar-refractivity contribution in [2.24, 2.45) is 7.05 Å². The zero-order chi connectivity index (χ0) is 12.1. The maximum Gasteiger partial charge on any atom is 0.142 e. The third kappa shape index (κ3) is 2.63. The summed E-state index contributed by atoms with van der Waals surface area (Å²) in [5.41, 5.74) is 2.33. The highest BCUT2D eigenvalue weighted by atomic mass is 16.5. The highest BCUT2D eigenvalue weighted by molar-refractivity contribution is 5.81. The number of aromatic nitrogens is 1. The van der Waals surface area contributed by atoms with Gasteiger partial charge in [0.1, 0.15) is 6.29 Å². The summed E-state index contributed by atoms with van der Waals surface area (Å²) >= 11 is 0. The van der Waals surface area contributed by atoms with Crippen LogP contribution >= 0.6 is 0 Å². The van der Waals surface area contributed by atoms with Gasteiger partial charge in [-0.15, -0.1) is 0 Å². The second-order valence-corrected chi connectivity index (χ2v) is 3.83. The molecular weight excluding hydrogens is 214 g/mol. The molecule has 0 amide bonds. The number of aldehydes is 1. The van der Waals surface area contributed by atoms with E-state index in [9.17, 15) is 4.79 Å². The van der Waals surface area contributed by atoms with Gasteiger partial charge in [-0.1, -0.05) is 24.3 Å². The molecule has 1 aromatic heterocycles. The van der Waals surface area contributed by atoms with E-state index in [2.05, 4.69) is 22.8 Å². The largest absolute Gasteiger partial charge is 0.371 e. The van der Waals surface area contributed by atoms with Crippen LogP contribution in [0.5, 0.6) is 0 Å². The second kappa shape index (κ2) is 5.46. The van der Waals surface area contributed by atoms with Crippen molar-refractivity contribution in [3.63, 3.8) is 0 Å². The van der Waals surface area contributed by atoms with E-state index < -0.39 is 0 Å². The third-order valence-electron chi connectivity index (χ3n) is 2.73. The van der Waals surface area contributed by atoms with Gasteiger partial charge in [0, 0.05) is 18.3 Å². The summed E-state index contributed by atoms with van der Waals surface area (Å²) in [7, 11) is 2.03. The van der Waals surface area contributed by atoms with Gasteiger partial charge in [-0.25, -0.2) is 0 Å². The van der Waals surface area contributed by atoms with Crippen molar-refractivity contribution >= 4 is 17.2 Å². The summed E-state index contributed by atoms with van der Waals surface area (Å²) in [6.45, 7) is 1.01. The summed E-state index contributed by atoms with van der Waals surface area (Å²) < 4.78 is 7.59. The van der Waals surface area contributed by atoms with Crippen molar-refractivity contribution in [2.75, 3.05) is 6.61 Å². The predicted molar refractivity (Wildman–Crippen MR) is 67.8 cm³/mol. The number of nitrogens with zero attached hydrogens (tertiary/aromatic N) is 1. The van der Waals surface area contributed by atoms with Crippen LogP contribution in [-0.2, 0) is 23.2 Å². The molecule has 2 rings (SSSR count). The average Bonchev–Trinajstić information content (AvgIpc) is 2.67. The van der Waals surface area contributed by atoms with Crippen LogP contribution in [0.4, 0.5) is 0 Å². The topological polar surface area (TPSA) is 31.2 Å². The van der Waals surface area contributed by atoms with Crippen LogP contribution < -0.4 is 0 Å². The van der Waals surface area contributed by atoms with Crippen LogP contribution in [0.15, 0.2) is 42.5 Å². The van der Waals surface area contributed by atoms with E-state index in [1.54, 1.807) is 6.08 Å².